The molecule has 1 aliphatic rings. The average Bonchev–Trinajstić information content (AvgIpc) is 3.34. The summed E-state index contributed by atoms with van der Waals surface area (Å²) in [5, 5.41) is 3.36. The zero-order chi connectivity index (χ0) is 16.9. The van der Waals surface area contributed by atoms with Crippen molar-refractivity contribution in [3.63, 3.8) is 0 Å². The highest BCUT2D eigenvalue weighted by Gasteiger charge is 2.14. The van der Waals surface area contributed by atoms with E-state index in [0.29, 0.717) is 0 Å². The molecule has 0 spiro atoms. The van der Waals surface area contributed by atoms with Crippen molar-refractivity contribution < 1.29 is 4.42 Å². The van der Waals surface area contributed by atoms with E-state index in [-0.39, 0.29) is 0 Å². The summed E-state index contributed by atoms with van der Waals surface area (Å²) in [5.41, 5.74) is 3.01. The molecule has 0 saturated carbocycles. The van der Waals surface area contributed by atoms with Crippen molar-refractivity contribution in [1.82, 2.24) is 0 Å². The molecule has 4 rings (SSSR count). The maximum Gasteiger partial charge on any atom is 0.196 e. The number of nitrogens with zero attached hydrogens (tertiary/aromatic N) is 2. The number of aliphatic imine (C=N–C) groups is 1. The van der Waals surface area contributed by atoms with Gasteiger partial charge in [-0.1, -0.05) is 18.2 Å². The first-order valence-electron chi connectivity index (χ1n) is 8.68. The highest BCUT2D eigenvalue weighted by Crippen LogP contribution is 2.23. The van der Waals surface area contributed by atoms with Crippen LogP contribution in [0, 0.1) is 0 Å². The van der Waals surface area contributed by atoms with Crippen molar-refractivity contribution >= 4 is 29.2 Å². The van der Waals surface area contributed by atoms with E-state index in [4.69, 9.17) is 4.42 Å². The van der Waals surface area contributed by atoms with Crippen LogP contribution in [0.2, 0.25) is 0 Å². The first-order chi connectivity index (χ1) is 12.4. The average molecular weight is 331 g/mol. The zero-order valence-corrected chi connectivity index (χ0v) is 14.1. The number of para-hydroxylation sites is 1. The second-order valence-corrected chi connectivity index (χ2v) is 6.17. The van der Waals surface area contributed by atoms with Crippen molar-refractivity contribution in [2.75, 3.05) is 23.3 Å². The third kappa shape index (κ3) is 3.91. The summed E-state index contributed by atoms with van der Waals surface area (Å²) in [4.78, 5) is 6.78. The van der Waals surface area contributed by atoms with Gasteiger partial charge in [-0.2, -0.15) is 0 Å². The van der Waals surface area contributed by atoms with Crippen LogP contribution in [-0.2, 0) is 0 Å². The Bertz CT molecular complexity index is 831. The number of hydrogen-bond donors (Lipinski definition) is 1. The molecule has 0 aliphatic carbocycles. The molecule has 1 fully saturated rings. The lowest BCUT2D eigenvalue weighted by Gasteiger charge is -2.12. The van der Waals surface area contributed by atoms with Gasteiger partial charge in [0.15, 0.2) is 5.88 Å². The molecular formula is C21H21N3O. The Morgan fingerprint density at radius 3 is 2.32 bits per heavy atom. The van der Waals surface area contributed by atoms with E-state index in [1.54, 1.807) is 6.21 Å². The quantitative estimate of drug-likeness (QED) is 0.639. The summed E-state index contributed by atoms with van der Waals surface area (Å²) in [6.07, 6.45) is 4.26. The predicted octanol–water partition coefficient (Wildman–Crippen LogP) is 5.37. The Morgan fingerprint density at radius 1 is 0.840 bits per heavy atom. The van der Waals surface area contributed by atoms with Gasteiger partial charge in [0.1, 0.15) is 5.76 Å². The molecule has 25 heavy (non-hydrogen) atoms. The smallest absolute Gasteiger partial charge is 0.196 e. The summed E-state index contributed by atoms with van der Waals surface area (Å²) < 4.78 is 5.86. The summed E-state index contributed by atoms with van der Waals surface area (Å²) in [5.74, 6) is 1.73. The summed E-state index contributed by atoms with van der Waals surface area (Å²) in [6.45, 7) is 2.17. The van der Waals surface area contributed by atoms with Crippen LogP contribution in [0.3, 0.4) is 0 Å². The Labute approximate surface area is 147 Å². The first kappa shape index (κ1) is 15.5. The second-order valence-electron chi connectivity index (χ2n) is 6.17. The van der Waals surface area contributed by atoms with Crippen LogP contribution in [0.25, 0.3) is 0 Å². The van der Waals surface area contributed by atoms with E-state index in [2.05, 4.69) is 15.2 Å². The van der Waals surface area contributed by atoms with Crippen LogP contribution in [0.15, 0.2) is 76.1 Å². The van der Waals surface area contributed by atoms with Crippen molar-refractivity contribution in [2.45, 2.75) is 12.8 Å². The molecule has 0 radical (unpaired) electrons. The number of rotatable bonds is 5. The van der Waals surface area contributed by atoms with Crippen LogP contribution in [-0.4, -0.2) is 19.3 Å². The molecule has 2 aromatic carbocycles. The molecule has 4 nitrogen and oxygen atoms in total. The van der Waals surface area contributed by atoms with Gasteiger partial charge in [-0.3, -0.25) is 4.99 Å². The monoisotopic (exact) mass is 331 g/mol. The predicted molar refractivity (Wildman–Crippen MR) is 104 cm³/mol. The molecule has 0 atom stereocenters. The Hall–Kier alpha value is -3.01. The number of nitrogens with one attached hydrogen (secondary N) is 1. The van der Waals surface area contributed by atoms with Gasteiger partial charge in [-0.05, 0) is 55.3 Å². The molecule has 1 N–H and O–H groups in total. The van der Waals surface area contributed by atoms with Crippen LogP contribution < -0.4 is 10.2 Å². The van der Waals surface area contributed by atoms with Gasteiger partial charge in [0, 0.05) is 30.5 Å². The van der Waals surface area contributed by atoms with E-state index in [1.807, 2.05) is 66.7 Å². The van der Waals surface area contributed by atoms with Gasteiger partial charge in [-0.15, -0.1) is 0 Å². The van der Waals surface area contributed by atoms with Crippen LogP contribution in [0.1, 0.15) is 18.6 Å². The maximum atomic E-state index is 5.86. The third-order valence-electron chi connectivity index (χ3n) is 4.30. The zero-order valence-electron chi connectivity index (χ0n) is 14.1. The minimum absolute atomic E-state index is 0.786. The minimum Gasteiger partial charge on any atom is -0.440 e. The fourth-order valence-corrected chi connectivity index (χ4v) is 2.98. The molecule has 1 aromatic heterocycles. The van der Waals surface area contributed by atoms with E-state index in [1.165, 1.54) is 12.8 Å². The summed E-state index contributed by atoms with van der Waals surface area (Å²) >= 11 is 0. The van der Waals surface area contributed by atoms with E-state index >= 15 is 0 Å². The Kier molecular flexibility index (Phi) is 4.51. The van der Waals surface area contributed by atoms with E-state index in [9.17, 15) is 0 Å². The molecule has 1 saturated heterocycles. The molecule has 4 heteroatoms. The molecular weight excluding hydrogens is 310 g/mol. The topological polar surface area (TPSA) is 40.8 Å². The van der Waals surface area contributed by atoms with Gasteiger partial charge in [0.05, 0.1) is 11.9 Å². The number of anilines is 3. The SMILES string of the molecule is C(=Nc1ccc(Nc2ccccc2)cc1)c1ccc(N2CCCC2)o1. The fourth-order valence-electron chi connectivity index (χ4n) is 2.98. The molecule has 3 aromatic rings. The second kappa shape index (κ2) is 7.26. The molecule has 0 unspecified atom stereocenters. The van der Waals surface area contributed by atoms with Gasteiger partial charge in [0.25, 0.3) is 0 Å². The van der Waals surface area contributed by atoms with Crippen LogP contribution in [0.4, 0.5) is 22.9 Å². The normalized spacial score (nSPS) is 14.3. The van der Waals surface area contributed by atoms with Gasteiger partial charge >= 0.3 is 0 Å². The van der Waals surface area contributed by atoms with Gasteiger partial charge in [-0.25, -0.2) is 0 Å². The largest absolute Gasteiger partial charge is 0.440 e. The van der Waals surface area contributed by atoms with E-state index < -0.39 is 0 Å². The first-order valence-corrected chi connectivity index (χ1v) is 8.68. The number of benzene rings is 2. The standard InChI is InChI=1S/C21H21N3O/c1-2-6-18(7-3-1)23-19-10-8-17(9-11-19)22-16-20-12-13-21(25-20)24-14-4-5-15-24/h1-3,6-13,16,23H,4-5,14-15H2. The molecule has 126 valence electrons. The molecule has 0 amide bonds. The highest BCUT2D eigenvalue weighted by molar-refractivity contribution is 5.79. The highest BCUT2D eigenvalue weighted by atomic mass is 16.4. The lowest BCUT2D eigenvalue weighted by molar-refractivity contribution is 0.550. The maximum absolute atomic E-state index is 5.86. The van der Waals surface area contributed by atoms with E-state index in [0.717, 1.165) is 41.8 Å². The van der Waals surface area contributed by atoms with Crippen molar-refractivity contribution in [1.29, 1.82) is 0 Å². The molecule has 2 heterocycles. The minimum atomic E-state index is 0.786. The van der Waals surface area contributed by atoms with Crippen molar-refractivity contribution in [3.05, 3.63) is 72.5 Å². The Balaban J connectivity index is 1.40. The van der Waals surface area contributed by atoms with Crippen LogP contribution in [0.5, 0.6) is 0 Å². The third-order valence-corrected chi connectivity index (χ3v) is 4.30. The molecule has 0 bridgehead atoms. The van der Waals surface area contributed by atoms with Crippen molar-refractivity contribution in [2.24, 2.45) is 4.99 Å². The fraction of sp³-hybridized carbons (Fsp3) is 0.190. The number of hydrogen-bond acceptors (Lipinski definition) is 4. The van der Waals surface area contributed by atoms with Crippen LogP contribution >= 0.6 is 0 Å². The molecule has 1 aliphatic heterocycles. The number of furan rings is 1. The van der Waals surface area contributed by atoms with Gasteiger partial charge < -0.3 is 14.6 Å². The lowest BCUT2D eigenvalue weighted by Crippen LogP contribution is -2.16. The van der Waals surface area contributed by atoms with Gasteiger partial charge in [0.2, 0.25) is 0 Å². The summed E-state index contributed by atoms with van der Waals surface area (Å²) in [7, 11) is 0. The Morgan fingerprint density at radius 2 is 1.56 bits per heavy atom. The summed E-state index contributed by atoms with van der Waals surface area (Å²) in [6, 6.07) is 22.2. The van der Waals surface area contributed by atoms with Crippen molar-refractivity contribution in [3.8, 4) is 0 Å². The lowest BCUT2D eigenvalue weighted by atomic mass is 10.2.